The van der Waals surface area contributed by atoms with Gasteiger partial charge in [-0.05, 0) is 23.6 Å². The first-order valence-corrected chi connectivity index (χ1v) is 8.67. The fourth-order valence-electron chi connectivity index (χ4n) is 2.95. The molecule has 0 spiro atoms. The first-order valence-electron chi connectivity index (χ1n) is 7.68. The molecule has 1 aliphatic heterocycles. The Labute approximate surface area is 139 Å². The van der Waals surface area contributed by atoms with Crippen LogP contribution in [0.4, 0.5) is 0 Å². The molecule has 2 heterocycles. The van der Waals surface area contributed by atoms with Crippen molar-refractivity contribution in [3.8, 4) is 11.3 Å². The summed E-state index contributed by atoms with van der Waals surface area (Å²) in [5, 5.41) is 0.793. The third-order valence-corrected chi connectivity index (χ3v) is 5.10. The molecule has 0 bridgehead atoms. The molecular weight excluding hydrogens is 304 g/mol. The summed E-state index contributed by atoms with van der Waals surface area (Å²) in [6.45, 7) is 0.710. The van der Waals surface area contributed by atoms with Crippen molar-refractivity contribution in [2.45, 2.75) is 23.7 Å². The van der Waals surface area contributed by atoms with Crippen LogP contribution in [0.3, 0.4) is 0 Å². The van der Waals surface area contributed by atoms with Gasteiger partial charge >= 0.3 is 5.69 Å². The number of hydrogen-bond acceptors (Lipinski definition) is 3. The normalized spacial score (nSPS) is 12.5. The highest BCUT2D eigenvalue weighted by molar-refractivity contribution is 7.98. The minimum absolute atomic E-state index is 0.146. The molecule has 3 nitrogen and oxygen atoms in total. The van der Waals surface area contributed by atoms with Gasteiger partial charge in [-0.1, -0.05) is 54.6 Å². The van der Waals surface area contributed by atoms with Crippen LogP contribution in [0.5, 0.6) is 0 Å². The standard InChI is InChI=1S/C19H16N2OS/c22-19-20-18(23-13-14-6-2-1-3-7-14)12-17-16-9-5-4-8-15(16)10-11-21(17)19/h1-9,12H,10-11,13H2. The number of benzene rings is 2. The minimum Gasteiger partial charge on any atom is -0.292 e. The lowest BCUT2D eigenvalue weighted by atomic mass is 9.98. The second kappa shape index (κ2) is 6.05. The Morgan fingerprint density at radius 2 is 1.83 bits per heavy atom. The summed E-state index contributed by atoms with van der Waals surface area (Å²) in [4.78, 5) is 16.6. The zero-order valence-corrected chi connectivity index (χ0v) is 13.4. The maximum absolute atomic E-state index is 12.3. The minimum atomic E-state index is -0.146. The maximum atomic E-state index is 12.3. The molecule has 4 heteroatoms. The van der Waals surface area contributed by atoms with Crippen molar-refractivity contribution in [3.63, 3.8) is 0 Å². The van der Waals surface area contributed by atoms with E-state index in [0.717, 1.165) is 28.5 Å². The van der Waals surface area contributed by atoms with Crippen LogP contribution in [0.15, 0.2) is 70.5 Å². The number of fused-ring (bicyclic) bond motifs is 3. The van der Waals surface area contributed by atoms with Gasteiger partial charge in [0.05, 0.1) is 5.69 Å². The van der Waals surface area contributed by atoms with Gasteiger partial charge in [0, 0.05) is 17.9 Å². The van der Waals surface area contributed by atoms with E-state index in [2.05, 4.69) is 35.3 Å². The number of rotatable bonds is 3. The van der Waals surface area contributed by atoms with Crippen LogP contribution in [0.25, 0.3) is 11.3 Å². The van der Waals surface area contributed by atoms with Crippen molar-refractivity contribution in [3.05, 3.63) is 82.3 Å². The Morgan fingerprint density at radius 3 is 2.70 bits per heavy atom. The van der Waals surface area contributed by atoms with Crippen molar-refractivity contribution >= 4 is 11.8 Å². The van der Waals surface area contributed by atoms with E-state index in [1.807, 2.05) is 30.3 Å². The average molecular weight is 320 g/mol. The number of thioether (sulfide) groups is 1. The zero-order chi connectivity index (χ0) is 15.6. The molecule has 1 aliphatic rings. The summed E-state index contributed by atoms with van der Waals surface area (Å²) < 4.78 is 1.79. The van der Waals surface area contributed by atoms with Crippen LogP contribution in [0, 0.1) is 0 Å². The largest absolute Gasteiger partial charge is 0.349 e. The van der Waals surface area contributed by atoms with Gasteiger partial charge < -0.3 is 0 Å². The van der Waals surface area contributed by atoms with Crippen LogP contribution < -0.4 is 5.69 Å². The number of hydrogen-bond donors (Lipinski definition) is 0. The van der Waals surface area contributed by atoms with Crippen LogP contribution in [0.1, 0.15) is 11.1 Å². The quantitative estimate of drug-likeness (QED) is 0.544. The molecule has 0 unspecified atom stereocenters. The van der Waals surface area contributed by atoms with Gasteiger partial charge in [0.1, 0.15) is 5.03 Å². The molecule has 0 atom stereocenters. The van der Waals surface area contributed by atoms with E-state index in [1.54, 1.807) is 16.3 Å². The lowest BCUT2D eigenvalue weighted by Crippen LogP contribution is -2.28. The molecule has 114 valence electrons. The van der Waals surface area contributed by atoms with Gasteiger partial charge in [-0.15, -0.1) is 11.8 Å². The Hall–Kier alpha value is -2.33. The number of nitrogens with zero attached hydrogens (tertiary/aromatic N) is 2. The number of aryl methyl sites for hydroxylation is 1. The summed E-state index contributed by atoms with van der Waals surface area (Å²) in [6, 6.07) is 20.6. The van der Waals surface area contributed by atoms with Crippen molar-refractivity contribution in [2.24, 2.45) is 0 Å². The Balaban J connectivity index is 1.69. The van der Waals surface area contributed by atoms with Crippen LogP contribution in [0.2, 0.25) is 0 Å². The molecule has 3 aromatic rings. The lowest BCUT2D eigenvalue weighted by Gasteiger charge is -2.21. The van der Waals surface area contributed by atoms with Gasteiger partial charge in [0.25, 0.3) is 0 Å². The van der Waals surface area contributed by atoms with E-state index < -0.39 is 0 Å². The highest BCUT2D eigenvalue weighted by atomic mass is 32.2. The van der Waals surface area contributed by atoms with Crippen molar-refractivity contribution in [2.75, 3.05) is 0 Å². The van der Waals surface area contributed by atoms with Crippen molar-refractivity contribution in [1.82, 2.24) is 9.55 Å². The van der Waals surface area contributed by atoms with Gasteiger partial charge in [0.2, 0.25) is 0 Å². The first-order chi connectivity index (χ1) is 11.3. The van der Waals surface area contributed by atoms with E-state index in [1.165, 1.54) is 11.1 Å². The molecule has 0 saturated carbocycles. The predicted octanol–water partition coefficient (Wildman–Crippen LogP) is 3.76. The Bertz CT molecular complexity index is 903. The molecule has 4 rings (SSSR count). The average Bonchev–Trinajstić information content (AvgIpc) is 2.61. The van der Waals surface area contributed by atoms with Gasteiger partial charge in [-0.2, -0.15) is 4.98 Å². The SMILES string of the molecule is O=c1nc(SCc2ccccc2)cc2n1CCc1ccccc1-2. The van der Waals surface area contributed by atoms with Gasteiger partial charge in [0.15, 0.2) is 0 Å². The molecule has 0 aliphatic carbocycles. The van der Waals surface area contributed by atoms with E-state index in [9.17, 15) is 4.79 Å². The Kier molecular flexibility index (Phi) is 3.75. The molecule has 2 aromatic carbocycles. The molecule has 0 radical (unpaired) electrons. The van der Waals surface area contributed by atoms with Crippen LogP contribution in [-0.4, -0.2) is 9.55 Å². The fourth-order valence-corrected chi connectivity index (χ4v) is 3.79. The van der Waals surface area contributed by atoms with E-state index in [4.69, 9.17) is 0 Å². The topological polar surface area (TPSA) is 34.9 Å². The summed E-state index contributed by atoms with van der Waals surface area (Å²) >= 11 is 1.61. The van der Waals surface area contributed by atoms with Crippen LogP contribution in [-0.2, 0) is 18.7 Å². The van der Waals surface area contributed by atoms with E-state index in [-0.39, 0.29) is 5.69 Å². The fraction of sp³-hybridized carbons (Fsp3) is 0.158. The maximum Gasteiger partial charge on any atom is 0.349 e. The highest BCUT2D eigenvalue weighted by Gasteiger charge is 2.18. The van der Waals surface area contributed by atoms with E-state index in [0.29, 0.717) is 6.54 Å². The second-order valence-electron chi connectivity index (χ2n) is 5.60. The summed E-state index contributed by atoms with van der Waals surface area (Å²) in [5.74, 6) is 0.818. The first kappa shape index (κ1) is 14.3. The molecule has 0 fully saturated rings. The van der Waals surface area contributed by atoms with Crippen molar-refractivity contribution in [1.29, 1.82) is 0 Å². The smallest absolute Gasteiger partial charge is 0.292 e. The molecule has 0 saturated heterocycles. The molecule has 23 heavy (non-hydrogen) atoms. The third-order valence-electron chi connectivity index (χ3n) is 4.12. The van der Waals surface area contributed by atoms with E-state index >= 15 is 0 Å². The molecular formula is C19H16N2OS. The Morgan fingerprint density at radius 1 is 1.04 bits per heavy atom. The second-order valence-corrected chi connectivity index (χ2v) is 6.59. The summed E-state index contributed by atoms with van der Waals surface area (Å²) in [5.41, 5.74) is 4.53. The summed E-state index contributed by atoms with van der Waals surface area (Å²) in [7, 11) is 0. The molecule has 0 amide bonds. The van der Waals surface area contributed by atoms with Gasteiger partial charge in [-0.25, -0.2) is 4.79 Å². The molecule has 1 aromatic heterocycles. The summed E-state index contributed by atoms with van der Waals surface area (Å²) in [6.07, 6.45) is 0.890. The van der Waals surface area contributed by atoms with Gasteiger partial charge in [-0.3, -0.25) is 4.57 Å². The predicted molar refractivity (Wildman–Crippen MR) is 93.6 cm³/mol. The van der Waals surface area contributed by atoms with Crippen LogP contribution >= 0.6 is 11.8 Å². The highest BCUT2D eigenvalue weighted by Crippen LogP contribution is 2.30. The zero-order valence-electron chi connectivity index (χ0n) is 12.6. The number of aromatic nitrogens is 2. The lowest BCUT2D eigenvalue weighted by molar-refractivity contribution is 0.630. The van der Waals surface area contributed by atoms with Crippen molar-refractivity contribution < 1.29 is 0 Å². The molecule has 0 N–H and O–H groups in total. The third kappa shape index (κ3) is 2.82. The monoisotopic (exact) mass is 320 g/mol.